The van der Waals surface area contributed by atoms with E-state index < -0.39 is 0 Å². The molecule has 0 saturated carbocycles. The predicted octanol–water partition coefficient (Wildman–Crippen LogP) is 5.14. The molecule has 0 fully saturated rings. The van der Waals surface area contributed by atoms with Crippen LogP contribution in [0.15, 0.2) is 60.9 Å². The van der Waals surface area contributed by atoms with Crippen molar-refractivity contribution in [3.05, 3.63) is 83.3 Å². The number of aryl methyl sites for hydroxylation is 2. The Kier molecular flexibility index (Phi) is 3.54. The maximum Gasteiger partial charge on any atom is 0.0927 e. The minimum absolute atomic E-state index is 0.959. The van der Waals surface area contributed by atoms with Crippen molar-refractivity contribution in [2.75, 3.05) is 0 Å². The van der Waals surface area contributed by atoms with E-state index in [9.17, 15) is 0 Å². The minimum Gasteiger partial charge on any atom is -0.323 e. The Hall–Kier alpha value is -3.07. The van der Waals surface area contributed by atoms with Crippen LogP contribution in [0.1, 0.15) is 22.4 Å². The summed E-state index contributed by atoms with van der Waals surface area (Å²) in [6.07, 6.45) is 8.54. The fraction of sp³-hybridized carbons (Fsp3) is 0.0952. The number of hydrogen-bond acceptors (Lipinski definition) is 1. The largest absolute Gasteiger partial charge is 0.323 e. The van der Waals surface area contributed by atoms with Crippen LogP contribution in [0.2, 0.25) is 0 Å². The zero-order chi connectivity index (χ0) is 16.5. The Labute approximate surface area is 141 Å². The molecule has 1 N–H and O–H groups in total. The molecule has 0 spiro atoms. The molecule has 4 rings (SSSR count). The zero-order valence-electron chi connectivity index (χ0n) is 13.8. The van der Waals surface area contributed by atoms with Crippen molar-refractivity contribution in [3.8, 4) is 5.69 Å². The summed E-state index contributed by atoms with van der Waals surface area (Å²) in [4.78, 5) is 0. The molecule has 2 aromatic carbocycles. The van der Waals surface area contributed by atoms with Crippen molar-refractivity contribution in [2.24, 2.45) is 0 Å². The van der Waals surface area contributed by atoms with Gasteiger partial charge in [0, 0.05) is 17.8 Å². The number of rotatable bonds is 3. The number of aromatic amines is 1. The first-order valence-electron chi connectivity index (χ1n) is 8.08. The van der Waals surface area contributed by atoms with E-state index >= 15 is 0 Å². The van der Waals surface area contributed by atoms with Crippen LogP contribution in [0.3, 0.4) is 0 Å². The van der Waals surface area contributed by atoms with Gasteiger partial charge in [-0.2, -0.15) is 5.10 Å². The Morgan fingerprint density at radius 3 is 2.42 bits per heavy atom. The van der Waals surface area contributed by atoms with Gasteiger partial charge in [-0.15, -0.1) is 0 Å². The third kappa shape index (κ3) is 2.54. The Morgan fingerprint density at radius 2 is 1.58 bits per heavy atom. The molecule has 118 valence electrons. The maximum absolute atomic E-state index is 4.41. The highest BCUT2D eigenvalue weighted by atomic mass is 15.1. The number of nitrogens with zero attached hydrogens (tertiary/aromatic N) is 2. The van der Waals surface area contributed by atoms with Crippen LogP contribution in [0.25, 0.3) is 28.7 Å². The number of nitrogens with one attached hydrogen (secondary N) is 1. The lowest BCUT2D eigenvalue weighted by Gasteiger charge is -2.07. The monoisotopic (exact) mass is 313 g/mol. The molecule has 2 aromatic heterocycles. The molecule has 0 amide bonds. The van der Waals surface area contributed by atoms with E-state index in [1.807, 2.05) is 18.2 Å². The van der Waals surface area contributed by atoms with Crippen LogP contribution in [-0.2, 0) is 0 Å². The van der Waals surface area contributed by atoms with Crippen LogP contribution in [-0.4, -0.2) is 14.8 Å². The van der Waals surface area contributed by atoms with Crippen molar-refractivity contribution < 1.29 is 0 Å². The molecule has 0 aliphatic rings. The second-order valence-corrected chi connectivity index (χ2v) is 6.08. The standard InChI is InChI=1S/C21H19N3/c1-15-13-24(14-16(15)2)21-10-6-3-7-17(21)11-12-20-18-8-4-5-9-19(18)22-23-20/h3-14H,1-2H3,(H,22,23)/b12-11+. The van der Waals surface area contributed by atoms with Crippen LogP contribution in [0.4, 0.5) is 0 Å². The molecule has 24 heavy (non-hydrogen) atoms. The van der Waals surface area contributed by atoms with Gasteiger partial charge in [0.2, 0.25) is 0 Å². The number of para-hydroxylation sites is 2. The van der Waals surface area contributed by atoms with Crippen molar-refractivity contribution in [2.45, 2.75) is 13.8 Å². The molecule has 4 aromatic rings. The fourth-order valence-corrected chi connectivity index (χ4v) is 2.94. The van der Waals surface area contributed by atoms with Gasteiger partial charge in [-0.1, -0.05) is 42.5 Å². The lowest BCUT2D eigenvalue weighted by Crippen LogP contribution is -1.93. The molecule has 0 aliphatic carbocycles. The predicted molar refractivity (Wildman–Crippen MR) is 100 cm³/mol. The Morgan fingerprint density at radius 1 is 0.875 bits per heavy atom. The fourth-order valence-electron chi connectivity index (χ4n) is 2.94. The normalized spacial score (nSPS) is 11.6. The first-order chi connectivity index (χ1) is 11.7. The molecule has 2 heterocycles. The Bertz CT molecular complexity index is 1010. The molecule has 0 atom stereocenters. The number of hydrogen-bond donors (Lipinski definition) is 1. The van der Waals surface area contributed by atoms with E-state index in [1.165, 1.54) is 22.4 Å². The summed E-state index contributed by atoms with van der Waals surface area (Å²) in [5.74, 6) is 0. The quantitative estimate of drug-likeness (QED) is 0.558. The van der Waals surface area contributed by atoms with Gasteiger partial charge in [0.05, 0.1) is 16.9 Å². The lowest BCUT2D eigenvalue weighted by atomic mass is 10.1. The summed E-state index contributed by atoms with van der Waals surface area (Å²) in [5.41, 5.74) is 6.95. The molecule has 0 bridgehead atoms. The topological polar surface area (TPSA) is 33.6 Å². The van der Waals surface area contributed by atoms with Gasteiger partial charge in [0.1, 0.15) is 0 Å². The number of H-pyrrole nitrogens is 1. The summed E-state index contributed by atoms with van der Waals surface area (Å²) in [6, 6.07) is 16.6. The summed E-state index contributed by atoms with van der Waals surface area (Å²) < 4.78 is 2.19. The second kappa shape index (κ2) is 5.85. The average Bonchev–Trinajstić information content (AvgIpc) is 3.17. The summed E-state index contributed by atoms with van der Waals surface area (Å²) >= 11 is 0. The summed E-state index contributed by atoms with van der Waals surface area (Å²) in [5, 5.41) is 8.63. The molecule has 3 nitrogen and oxygen atoms in total. The van der Waals surface area contributed by atoms with Crippen LogP contribution in [0.5, 0.6) is 0 Å². The highest BCUT2D eigenvalue weighted by molar-refractivity contribution is 5.89. The molecular formula is C21H19N3. The van der Waals surface area contributed by atoms with Gasteiger partial charge in [-0.25, -0.2) is 0 Å². The summed E-state index contributed by atoms with van der Waals surface area (Å²) in [6.45, 7) is 4.28. The Balaban J connectivity index is 1.75. The zero-order valence-corrected chi connectivity index (χ0v) is 13.8. The summed E-state index contributed by atoms with van der Waals surface area (Å²) in [7, 11) is 0. The van der Waals surface area contributed by atoms with E-state index in [-0.39, 0.29) is 0 Å². The number of aromatic nitrogens is 3. The van der Waals surface area contributed by atoms with Crippen LogP contribution in [0, 0.1) is 13.8 Å². The van der Waals surface area contributed by atoms with Gasteiger partial charge in [-0.05, 0) is 48.7 Å². The minimum atomic E-state index is 0.959. The third-order valence-corrected chi connectivity index (χ3v) is 4.42. The van der Waals surface area contributed by atoms with Gasteiger partial charge >= 0.3 is 0 Å². The SMILES string of the molecule is Cc1cn(-c2ccccc2/C=C/c2n[nH]c3ccccc23)cc1C. The van der Waals surface area contributed by atoms with E-state index in [2.05, 4.69) is 83.5 Å². The lowest BCUT2D eigenvalue weighted by molar-refractivity contribution is 1.07. The van der Waals surface area contributed by atoms with Gasteiger partial charge in [-0.3, -0.25) is 5.10 Å². The van der Waals surface area contributed by atoms with Crippen molar-refractivity contribution in [1.82, 2.24) is 14.8 Å². The van der Waals surface area contributed by atoms with Crippen molar-refractivity contribution in [3.63, 3.8) is 0 Å². The van der Waals surface area contributed by atoms with Crippen LogP contribution >= 0.6 is 0 Å². The molecule has 0 saturated heterocycles. The molecule has 3 heteroatoms. The van der Waals surface area contributed by atoms with Crippen molar-refractivity contribution >= 4 is 23.1 Å². The van der Waals surface area contributed by atoms with Crippen molar-refractivity contribution in [1.29, 1.82) is 0 Å². The van der Waals surface area contributed by atoms with Gasteiger partial charge in [0.25, 0.3) is 0 Å². The third-order valence-electron chi connectivity index (χ3n) is 4.42. The molecular weight excluding hydrogens is 294 g/mol. The molecule has 0 radical (unpaired) electrons. The van der Waals surface area contributed by atoms with Gasteiger partial charge < -0.3 is 4.57 Å². The molecule has 0 unspecified atom stereocenters. The van der Waals surface area contributed by atoms with Gasteiger partial charge in [0.15, 0.2) is 0 Å². The number of benzene rings is 2. The maximum atomic E-state index is 4.41. The smallest absolute Gasteiger partial charge is 0.0927 e. The first kappa shape index (κ1) is 14.5. The first-order valence-corrected chi connectivity index (χ1v) is 8.08. The van der Waals surface area contributed by atoms with E-state index in [1.54, 1.807) is 0 Å². The highest BCUT2D eigenvalue weighted by Gasteiger charge is 2.05. The van der Waals surface area contributed by atoms with Crippen LogP contribution < -0.4 is 0 Å². The average molecular weight is 313 g/mol. The highest BCUT2D eigenvalue weighted by Crippen LogP contribution is 2.22. The van der Waals surface area contributed by atoms with E-state index in [0.717, 1.165) is 16.6 Å². The molecule has 0 aliphatic heterocycles. The second-order valence-electron chi connectivity index (χ2n) is 6.08. The van der Waals surface area contributed by atoms with E-state index in [0.29, 0.717) is 0 Å². The number of fused-ring (bicyclic) bond motifs is 1. The van der Waals surface area contributed by atoms with E-state index in [4.69, 9.17) is 0 Å².